The van der Waals surface area contributed by atoms with Crippen molar-refractivity contribution in [1.82, 2.24) is 29.9 Å². The summed E-state index contributed by atoms with van der Waals surface area (Å²) in [5.41, 5.74) is 1.20. The van der Waals surface area contributed by atoms with Crippen LogP contribution in [0.25, 0.3) is 11.0 Å². The first-order valence-electron chi connectivity index (χ1n) is 8.80. The van der Waals surface area contributed by atoms with Crippen LogP contribution in [0.15, 0.2) is 6.07 Å². The molecule has 0 aromatic carbocycles. The van der Waals surface area contributed by atoms with Gasteiger partial charge in [-0.25, -0.2) is 27.2 Å². The third kappa shape index (κ3) is 3.94. The smallest absolute Gasteiger partial charge is 0.280 e. The molecule has 156 valence electrons. The van der Waals surface area contributed by atoms with Crippen LogP contribution in [-0.4, -0.2) is 30.5 Å². The Labute approximate surface area is 163 Å². The van der Waals surface area contributed by atoms with Crippen LogP contribution < -0.4 is 5.32 Å². The number of halogens is 4. The van der Waals surface area contributed by atoms with E-state index in [1.165, 1.54) is 6.92 Å². The van der Waals surface area contributed by atoms with Crippen molar-refractivity contribution in [2.45, 2.75) is 46.7 Å². The molecule has 1 N–H and O–H groups in total. The standard InChI is InChI=1S/C18H20F4N6O/c1-8-12(10(3)27(4)25-8)6-23-14(29)7-28-18-15(9(2)26-28)11(16(19)20)5-13(24-18)17(21)22/h5,16-17H,6-7H2,1-4H3,(H,23,29). The second kappa shape index (κ2) is 7.80. The summed E-state index contributed by atoms with van der Waals surface area (Å²) < 4.78 is 55.7. The summed E-state index contributed by atoms with van der Waals surface area (Å²) in [7, 11) is 1.79. The van der Waals surface area contributed by atoms with Gasteiger partial charge in [0.15, 0.2) is 5.65 Å². The summed E-state index contributed by atoms with van der Waals surface area (Å²) in [5.74, 6) is -0.458. The number of aryl methyl sites for hydroxylation is 3. The number of pyridine rings is 1. The number of rotatable bonds is 6. The Balaban J connectivity index is 1.88. The van der Waals surface area contributed by atoms with E-state index in [2.05, 4.69) is 20.5 Å². The topological polar surface area (TPSA) is 77.6 Å². The predicted octanol–water partition coefficient (Wildman–Crippen LogP) is 3.28. The van der Waals surface area contributed by atoms with Gasteiger partial charge in [0, 0.05) is 30.4 Å². The number of carbonyl (C=O) groups is 1. The molecule has 11 heteroatoms. The molecule has 7 nitrogen and oxygen atoms in total. The summed E-state index contributed by atoms with van der Waals surface area (Å²) in [6.45, 7) is 5.04. The van der Waals surface area contributed by atoms with Gasteiger partial charge in [0.05, 0.1) is 16.8 Å². The van der Waals surface area contributed by atoms with Gasteiger partial charge in [0.1, 0.15) is 12.2 Å². The van der Waals surface area contributed by atoms with E-state index in [9.17, 15) is 22.4 Å². The summed E-state index contributed by atoms with van der Waals surface area (Å²) in [5, 5.41) is 11.0. The fraction of sp³-hybridized carbons (Fsp3) is 0.444. The highest BCUT2D eigenvalue weighted by molar-refractivity contribution is 5.84. The van der Waals surface area contributed by atoms with Gasteiger partial charge in [-0.1, -0.05) is 0 Å². The number of aromatic nitrogens is 5. The molecule has 3 rings (SSSR count). The van der Waals surface area contributed by atoms with Crippen molar-refractivity contribution in [1.29, 1.82) is 0 Å². The highest BCUT2D eigenvalue weighted by atomic mass is 19.3. The molecule has 1 amide bonds. The first kappa shape index (κ1) is 20.7. The minimum absolute atomic E-state index is 0.0175. The van der Waals surface area contributed by atoms with E-state index in [0.717, 1.165) is 21.6 Å². The van der Waals surface area contributed by atoms with Crippen LogP contribution in [0.2, 0.25) is 0 Å². The highest BCUT2D eigenvalue weighted by Gasteiger charge is 2.24. The van der Waals surface area contributed by atoms with Crippen LogP contribution in [0.1, 0.15) is 46.8 Å². The summed E-state index contributed by atoms with van der Waals surface area (Å²) >= 11 is 0. The summed E-state index contributed by atoms with van der Waals surface area (Å²) in [6.07, 6.45) is -5.99. The predicted molar refractivity (Wildman–Crippen MR) is 96.7 cm³/mol. The van der Waals surface area contributed by atoms with Crippen molar-refractivity contribution >= 4 is 16.9 Å². The van der Waals surface area contributed by atoms with E-state index in [4.69, 9.17) is 0 Å². The van der Waals surface area contributed by atoms with Gasteiger partial charge < -0.3 is 5.32 Å². The normalized spacial score (nSPS) is 11.8. The van der Waals surface area contributed by atoms with E-state index in [-0.39, 0.29) is 29.8 Å². The van der Waals surface area contributed by atoms with Gasteiger partial charge in [0.25, 0.3) is 12.9 Å². The van der Waals surface area contributed by atoms with Crippen LogP contribution in [0.5, 0.6) is 0 Å². The Morgan fingerprint density at radius 2 is 1.79 bits per heavy atom. The average Bonchev–Trinajstić information content (AvgIpc) is 3.08. The number of alkyl halides is 4. The maximum absolute atomic E-state index is 13.4. The van der Waals surface area contributed by atoms with E-state index in [0.29, 0.717) is 6.07 Å². The zero-order chi connectivity index (χ0) is 21.5. The van der Waals surface area contributed by atoms with Gasteiger partial charge >= 0.3 is 0 Å². The molecule has 0 aliphatic heterocycles. The summed E-state index contributed by atoms with van der Waals surface area (Å²) in [4.78, 5) is 16.1. The Bertz CT molecular complexity index is 1070. The van der Waals surface area contributed by atoms with Gasteiger partial charge in [-0.15, -0.1) is 0 Å². The van der Waals surface area contributed by atoms with Crippen LogP contribution >= 0.6 is 0 Å². The molecule has 0 bridgehead atoms. The fourth-order valence-electron chi connectivity index (χ4n) is 3.25. The maximum atomic E-state index is 13.4. The molecule has 0 unspecified atom stereocenters. The second-order valence-electron chi connectivity index (χ2n) is 6.73. The van der Waals surface area contributed by atoms with Crippen molar-refractivity contribution < 1.29 is 22.4 Å². The van der Waals surface area contributed by atoms with E-state index < -0.39 is 30.0 Å². The number of amides is 1. The minimum Gasteiger partial charge on any atom is -0.350 e. The lowest BCUT2D eigenvalue weighted by atomic mass is 10.1. The zero-order valence-electron chi connectivity index (χ0n) is 16.3. The number of nitrogens with zero attached hydrogens (tertiary/aromatic N) is 5. The number of carbonyl (C=O) groups excluding carboxylic acids is 1. The highest BCUT2D eigenvalue weighted by Crippen LogP contribution is 2.32. The van der Waals surface area contributed by atoms with Crippen molar-refractivity contribution in [2.75, 3.05) is 0 Å². The maximum Gasteiger partial charge on any atom is 0.280 e. The molecule has 0 aliphatic carbocycles. The molecule has 0 aliphatic rings. The Kier molecular flexibility index (Phi) is 5.58. The van der Waals surface area contributed by atoms with E-state index in [1.807, 2.05) is 13.8 Å². The van der Waals surface area contributed by atoms with Gasteiger partial charge in [0.2, 0.25) is 5.91 Å². The van der Waals surface area contributed by atoms with Crippen molar-refractivity contribution in [2.24, 2.45) is 7.05 Å². The molecule has 0 atom stereocenters. The fourth-order valence-corrected chi connectivity index (χ4v) is 3.25. The lowest BCUT2D eigenvalue weighted by Crippen LogP contribution is -2.28. The Morgan fingerprint density at radius 1 is 1.10 bits per heavy atom. The van der Waals surface area contributed by atoms with Crippen molar-refractivity contribution in [3.63, 3.8) is 0 Å². The minimum atomic E-state index is -3.02. The van der Waals surface area contributed by atoms with Crippen molar-refractivity contribution in [3.8, 4) is 0 Å². The lowest BCUT2D eigenvalue weighted by molar-refractivity contribution is -0.121. The van der Waals surface area contributed by atoms with Crippen LogP contribution in [-0.2, 0) is 24.9 Å². The molecule has 3 aromatic rings. The Hall–Kier alpha value is -2.98. The molecule has 0 radical (unpaired) electrons. The van der Waals surface area contributed by atoms with E-state index in [1.54, 1.807) is 11.7 Å². The largest absolute Gasteiger partial charge is 0.350 e. The molecule has 3 heterocycles. The first-order valence-corrected chi connectivity index (χ1v) is 8.80. The zero-order valence-corrected chi connectivity index (χ0v) is 16.3. The number of hydrogen-bond donors (Lipinski definition) is 1. The SMILES string of the molecule is Cc1nn(C)c(C)c1CNC(=O)Cn1nc(C)c2c(C(F)F)cc(C(F)F)nc21. The first-order chi connectivity index (χ1) is 13.6. The van der Waals surface area contributed by atoms with Crippen molar-refractivity contribution in [3.05, 3.63) is 40.0 Å². The molecule has 0 saturated carbocycles. The number of fused-ring (bicyclic) bond motifs is 1. The van der Waals surface area contributed by atoms with E-state index >= 15 is 0 Å². The van der Waals surface area contributed by atoms with Crippen LogP contribution in [0.3, 0.4) is 0 Å². The Morgan fingerprint density at radius 3 is 2.34 bits per heavy atom. The van der Waals surface area contributed by atoms with Gasteiger partial charge in [-0.2, -0.15) is 10.2 Å². The monoisotopic (exact) mass is 412 g/mol. The van der Waals surface area contributed by atoms with Gasteiger partial charge in [-0.05, 0) is 26.8 Å². The lowest BCUT2D eigenvalue weighted by Gasteiger charge is -2.09. The molecule has 29 heavy (non-hydrogen) atoms. The molecule has 0 spiro atoms. The molecular weight excluding hydrogens is 392 g/mol. The van der Waals surface area contributed by atoms with Crippen LogP contribution in [0.4, 0.5) is 17.6 Å². The summed E-state index contributed by atoms with van der Waals surface area (Å²) in [6, 6.07) is 0.685. The molecule has 0 saturated heterocycles. The number of hydrogen-bond acceptors (Lipinski definition) is 4. The molecule has 0 fully saturated rings. The van der Waals surface area contributed by atoms with Crippen LogP contribution in [0, 0.1) is 20.8 Å². The second-order valence-corrected chi connectivity index (χ2v) is 6.73. The average molecular weight is 412 g/mol. The molecular formula is C18H20F4N6O. The third-order valence-electron chi connectivity index (χ3n) is 4.80. The van der Waals surface area contributed by atoms with Gasteiger partial charge in [-0.3, -0.25) is 9.48 Å². The quantitative estimate of drug-likeness (QED) is 0.631. The molecule has 3 aromatic heterocycles. The third-order valence-corrected chi connectivity index (χ3v) is 4.80. The number of nitrogens with one attached hydrogen (secondary N) is 1.